The van der Waals surface area contributed by atoms with Crippen LogP contribution in [0, 0.1) is 0 Å². The minimum absolute atomic E-state index is 0.111. The van der Waals surface area contributed by atoms with Crippen LogP contribution in [0.2, 0.25) is 0 Å². The van der Waals surface area contributed by atoms with E-state index in [0.717, 1.165) is 24.2 Å². The van der Waals surface area contributed by atoms with E-state index in [2.05, 4.69) is 0 Å². The number of benzene rings is 2. The normalized spacial score (nSPS) is 17.5. The summed E-state index contributed by atoms with van der Waals surface area (Å²) in [6.45, 7) is 3.77. The first-order chi connectivity index (χ1) is 16.2. The van der Waals surface area contributed by atoms with E-state index in [1.807, 2.05) is 75.2 Å². The second kappa shape index (κ2) is 11.2. The molecule has 0 saturated carbocycles. The third-order valence-electron chi connectivity index (χ3n) is 5.85. The van der Waals surface area contributed by atoms with Gasteiger partial charge in [-0.2, -0.15) is 0 Å². The summed E-state index contributed by atoms with van der Waals surface area (Å²) in [7, 11) is 7.85. The maximum absolute atomic E-state index is 13.2. The zero-order valence-electron chi connectivity index (χ0n) is 20.7. The van der Waals surface area contributed by atoms with Gasteiger partial charge in [-0.1, -0.05) is 31.2 Å². The molecule has 1 heterocycles. The zero-order valence-corrected chi connectivity index (χ0v) is 20.7. The van der Waals surface area contributed by atoms with Crippen molar-refractivity contribution in [2.75, 3.05) is 52.8 Å². The van der Waals surface area contributed by atoms with Gasteiger partial charge in [0.1, 0.15) is 11.5 Å². The summed E-state index contributed by atoms with van der Waals surface area (Å²) < 4.78 is 5.69. The van der Waals surface area contributed by atoms with Crippen LogP contribution in [-0.2, 0) is 9.59 Å². The van der Waals surface area contributed by atoms with Gasteiger partial charge in [-0.15, -0.1) is 0 Å². The number of aliphatic hydroxyl groups is 1. The van der Waals surface area contributed by atoms with Crippen LogP contribution in [-0.4, -0.2) is 74.5 Å². The summed E-state index contributed by atoms with van der Waals surface area (Å²) in [5.41, 5.74) is 2.36. The minimum Gasteiger partial charge on any atom is -0.507 e. The van der Waals surface area contributed by atoms with E-state index < -0.39 is 17.7 Å². The molecule has 0 aromatic heterocycles. The molecule has 1 unspecified atom stereocenters. The van der Waals surface area contributed by atoms with Crippen LogP contribution in [0.25, 0.3) is 5.76 Å². The summed E-state index contributed by atoms with van der Waals surface area (Å²) in [6.07, 6.45) is 1.57. The van der Waals surface area contributed by atoms with Crippen molar-refractivity contribution in [3.8, 4) is 5.75 Å². The highest BCUT2D eigenvalue weighted by atomic mass is 16.5. The van der Waals surface area contributed by atoms with E-state index in [9.17, 15) is 14.7 Å². The Balaban J connectivity index is 2.06. The first kappa shape index (κ1) is 25.3. The second-order valence-corrected chi connectivity index (χ2v) is 9.01. The Bertz CT molecular complexity index is 1040. The molecule has 34 heavy (non-hydrogen) atoms. The molecule has 1 aliphatic rings. The average Bonchev–Trinajstić information content (AvgIpc) is 3.07. The first-order valence-electron chi connectivity index (χ1n) is 11.7. The number of rotatable bonds is 10. The minimum atomic E-state index is -0.663. The fourth-order valence-corrected chi connectivity index (χ4v) is 4.08. The van der Waals surface area contributed by atoms with Gasteiger partial charge in [0.05, 0.1) is 18.2 Å². The molecule has 2 aromatic carbocycles. The van der Waals surface area contributed by atoms with Crippen LogP contribution in [0.1, 0.15) is 36.9 Å². The number of carbonyl (C=O) groups is 2. The predicted octanol–water partition coefficient (Wildman–Crippen LogP) is 3.91. The number of carbonyl (C=O) groups excluding carboxylic acids is 2. The first-order valence-corrected chi connectivity index (χ1v) is 11.7. The molecule has 0 bridgehead atoms. The van der Waals surface area contributed by atoms with Crippen molar-refractivity contribution in [1.29, 1.82) is 0 Å². The van der Waals surface area contributed by atoms with Gasteiger partial charge in [-0.3, -0.25) is 9.59 Å². The van der Waals surface area contributed by atoms with Gasteiger partial charge in [-0.25, -0.2) is 0 Å². The molecule has 182 valence electrons. The number of likely N-dealkylation sites (tertiary alicyclic amines) is 1. The summed E-state index contributed by atoms with van der Waals surface area (Å²) >= 11 is 0. The van der Waals surface area contributed by atoms with E-state index >= 15 is 0 Å². The number of hydrogen-bond donors (Lipinski definition) is 1. The molecule has 1 saturated heterocycles. The van der Waals surface area contributed by atoms with Gasteiger partial charge in [0, 0.05) is 31.9 Å². The monoisotopic (exact) mass is 465 g/mol. The van der Waals surface area contributed by atoms with E-state index in [4.69, 9.17) is 4.74 Å². The van der Waals surface area contributed by atoms with Crippen molar-refractivity contribution < 1.29 is 19.4 Å². The Kier molecular flexibility index (Phi) is 8.34. The fourth-order valence-electron chi connectivity index (χ4n) is 4.08. The molecular formula is C27H35N3O4. The third kappa shape index (κ3) is 5.59. The number of ketones is 1. The molecular weight excluding hydrogens is 430 g/mol. The van der Waals surface area contributed by atoms with Crippen LogP contribution in [0.15, 0.2) is 54.1 Å². The van der Waals surface area contributed by atoms with Crippen molar-refractivity contribution in [3.05, 3.63) is 65.2 Å². The summed E-state index contributed by atoms with van der Waals surface area (Å²) in [5.74, 6) is -0.820. The van der Waals surface area contributed by atoms with E-state index in [-0.39, 0.29) is 11.3 Å². The topological polar surface area (TPSA) is 73.3 Å². The highest BCUT2D eigenvalue weighted by Crippen LogP contribution is 2.40. The lowest BCUT2D eigenvalue weighted by atomic mass is 9.95. The molecule has 1 amide bonds. The van der Waals surface area contributed by atoms with Gasteiger partial charge >= 0.3 is 0 Å². The van der Waals surface area contributed by atoms with Gasteiger partial charge in [-0.05, 0) is 63.3 Å². The van der Waals surface area contributed by atoms with Crippen molar-refractivity contribution >= 4 is 23.1 Å². The van der Waals surface area contributed by atoms with E-state index in [1.165, 1.54) is 0 Å². The zero-order chi connectivity index (χ0) is 24.8. The molecule has 7 nitrogen and oxygen atoms in total. The van der Waals surface area contributed by atoms with E-state index in [0.29, 0.717) is 30.9 Å². The largest absolute Gasteiger partial charge is 0.507 e. The molecule has 1 fully saturated rings. The van der Waals surface area contributed by atoms with Crippen LogP contribution in [0.4, 0.5) is 5.69 Å². The number of anilines is 1. The number of aliphatic hydroxyl groups excluding tert-OH is 1. The van der Waals surface area contributed by atoms with Crippen LogP contribution < -0.4 is 9.64 Å². The Morgan fingerprint density at radius 2 is 1.76 bits per heavy atom. The Morgan fingerprint density at radius 3 is 2.38 bits per heavy atom. The summed E-state index contributed by atoms with van der Waals surface area (Å²) in [5, 5.41) is 11.3. The Hall–Kier alpha value is -3.32. The number of hydrogen-bond acceptors (Lipinski definition) is 6. The highest BCUT2D eigenvalue weighted by Gasteiger charge is 2.45. The van der Waals surface area contributed by atoms with Gasteiger partial charge < -0.3 is 24.5 Å². The molecule has 1 atom stereocenters. The highest BCUT2D eigenvalue weighted by molar-refractivity contribution is 6.46. The average molecular weight is 466 g/mol. The smallest absolute Gasteiger partial charge is 0.295 e. The molecule has 2 aromatic rings. The number of ether oxygens (including phenoxy) is 1. The molecule has 1 N–H and O–H groups in total. The van der Waals surface area contributed by atoms with Crippen molar-refractivity contribution in [3.63, 3.8) is 0 Å². The SMILES string of the molecule is CCCOc1cccc(/C(O)=C2\C(=O)C(=O)N(CCCN(C)C)C2c2ccc(N(C)C)cc2)c1. The van der Waals surface area contributed by atoms with Gasteiger partial charge in [0.2, 0.25) is 0 Å². The predicted molar refractivity (Wildman–Crippen MR) is 135 cm³/mol. The molecule has 3 rings (SSSR count). The third-order valence-corrected chi connectivity index (χ3v) is 5.85. The molecule has 1 aliphatic heterocycles. The van der Waals surface area contributed by atoms with Crippen LogP contribution in [0.3, 0.4) is 0 Å². The Morgan fingerprint density at radius 1 is 1.06 bits per heavy atom. The second-order valence-electron chi connectivity index (χ2n) is 9.01. The lowest BCUT2D eigenvalue weighted by molar-refractivity contribution is -0.139. The van der Waals surface area contributed by atoms with Gasteiger partial charge in [0.25, 0.3) is 11.7 Å². The molecule has 7 heteroatoms. The van der Waals surface area contributed by atoms with Crippen molar-refractivity contribution in [2.24, 2.45) is 0 Å². The summed E-state index contributed by atoms with van der Waals surface area (Å²) in [4.78, 5) is 31.9. The maximum Gasteiger partial charge on any atom is 0.295 e. The molecule has 0 radical (unpaired) electrons. The quantitative estimate of drug-likeness (QED) is 0.326. The van der Waals surface area contributed by atoms with Gasteiger partial charge in [0.15, 0.2) is 0 Å². The lowest BCUT2D eigenvalue weighted by Crippen LogP contribution is -2.32. The van der Waals surface area contributed by atoms with Crippen LogP contribution in [0.5, 0.6) is 5.75 Å². The number of nitrogens with zero attached hydrogens (tertiary/aromatic N) is 3. The van der Waals surface area contributed by atoms with Crippen molar-refractivity contribution in [2.45, 2.75) is 25.8 Å². The van der Waals surface area contributed by atoms with Crippen molar-refractivity contribution in [1.82, 2.24) is 9.80 Å². The number of amides is 1. The Labute approximate surface area is 202 Å². The number of Topliss-reactive ketones (excluding diaryl/α,β-unsaturated/α-hetero) is 1. The maximum atomic E-state index is 13.2. The molecule has 0 spiro atoms. The lowest BCUT2D eigenvalue weighted by Gasteiger charge is -2.26. The van der Waals surface area contributed by atoms with Crippen LogP contribution >= 0.6 is 0 Å². The fraction of sp³-hybridized carbons (Fsp3) is 0.407. The standard InChI is InChI=1S/C27H35N3O4/c1-6-17-34-22-10-7-9-20(18-22)25(31)23-24(19-11-13-21(14-12-19)29(4)5)30(27(33)26(23)32)16-8-15-28(2)3/h7,9-14,18,24,31H,6,8,15-17H2,1-5H3/b25-23+. The molecule has 0 aliphatic carbocycles. The summed E-state index contributed by atoms with van der Waals surface area (Å²) in [6, 6.07) is 14.1. The van der Waals surface area contributed by atoms with E-state index in [1.54, 1.807) is 23.1 Å².